The zero-order valence-corrected chi connectivity index (χ0v) is 11.2. The predicted molar refractivity (Wildman–Crippen MR) is 72.6 cm³/mol. The van der Waals surface area contributed by atoms with E-state index in [4.69, 9.17) is 5.73 Å². The van der Waals surface area contributed by atoms with Crippen LogP contribution in [-0.2, 0) is 13.1 Å². The molecule has 100 valence electrons. The molecular weight excluding hydrogens is 227 g/mol. The second-order valence-corrected chi connectivity index (χ2v) is 5.17. The Hall–Kier alpha value is -0.930. The molecule has 0 bridgehead atoms. The van der Waals surface area contributed by atoms with Crippen LogP contribution in [0.5, 0.6) is 0 Å². The second-order valence-electron chi connectivity index (χ2n) is 5.17. The van der Waals surface area contributed by atoms with Gasteiger partial charge in [0.2, 0.25) is 0 Å². The number of nitrogens with zero attached hydrogens (tertiary/aromatic N) is 1. The van der Waals surface area contributed by atoms with Crippen molar-refractivity contribution in [1.29, 1.82) is 0 Å². The van der Waals surface area contributed by atoms with Crippen LogP contribution >= 0.6 is 0 Å². The molecule has 0 spiro atoms. The minimum absolute atomic E-state index is 0.171. The van der Waals surface area contributed by atoms with Crippen molar-refractivity contribution in [3.05, 3.63) is 35.1 Å². The molecule has 3 heteroatoms. The molecule has 0 aromatic heterocycles. The number of benzene rings is 1. The van der Waals surface area contributed by atoms with Crippen molar-refractivity contribution in [2.24, 2.45) is 5.73 Å². The molecule has 0 radical (unpaired) electrons. The van der Waals surface area contributed by atoms with Crippen LogP contribution in [0.4, 0.5) is 4.39 Å². The normalized spacial score (nSPS) is 16.7. The summed E-state index contributed by atoms with van der Waals surface area (Å²) in [6.07, 6.45) is 5.23. The zero-order chi connectivity index (χ0) is 13.0. The van der Waals surface area contributed by atoms with E-state index in [-0.39, 0.29) is 5.82 Å². The Kier molecular flexibility index (Phi) is 4.72. The van der Waals surface area contributed by atoms with Gasteiger partial charge in [-0.15, -0.1) is 0 Å². The van der Waals surface area contributed by atoms with Gasteiger partial charge in [0.25, 0.3) is 0 Å². The molecule has 1 saturated carbocycles. The molecular formula is C15H23FN2. The third-order valence-electron chi connectivity index (χ3n) is 3.89. The molecule has 1 aliphatic rings. The van der Waals surface area contributed by atoms with Crippen LogP contribution in [0.3, 0.4) is 0 Å². The molecule has 2 nitrogen and oxygen atoms in total. The maximum Gasteiger partial charge on any atom is 0.123 e. The van der Waals surface area contributed by atoms with Gasteiger partial charge in [0.05, 0.1) is 0 Å². The highest BCUT2D eigenvalue weighted by Gasteiger charge is 2.21. The Balaban J connectivity index is 2.08. The first-order valence-electron chi connectivity index (χ1n) is 6.95. The summed E-state index contributed by atoms with van der Waals surface area (Å²) in [6.45, 7) is 4.45. The molecule has 0 amide bonds. The lowest BCUT2D eigenvalue weighted by molar-refractivity contribution is 0.200. The molecule has 0 atom stereocenters. The Bertz CT molecular complexity index is 386. The maximum atomic E-state index is 13.5. The van der Waals surface area contributed by atoms with Gasteiger partial charge in [-0.3, -0.25) is 4.90 Å². The van der Waals surface area contributed by atoms with E-state index in [2.05, 4.69) is 11.8 Å². The van der Waals surface area contributed by atoms with E-state index in [0.717, 1.165) is 24.2 Å². The van der Waals surface area contributed by atoms with E-state index >= 15 is 0 Å². The van der Waals surface area contributed by atoms with Crippen molar-refractivity contribution in [1.82, 2.24) is 4.90 Å². The fourth-order valence-corrected chi connectivity index (χ4v) is 2.93. The second kappa shape index (κ2) is 6.30. The monoisotopic (exact) mass is 250 g/mol. The van der Waals surface area contributed by atoms with Crippen molar-refractivity contribution in [2.45, 2.75) is 51.7 Å². The molecule has 1 aliphatic carbocycles. The lowest BCUT2D eigenvalue weighted by Gasteiger charge is -2.27. The van der Waals surface area contributed by atoms with Gasteiger partial charge in [-0.1, -0.05) is 25.8 Å². The lowest BCUT2D eigenvalue weighted by atomic mass is 10.1. The van der Waals surface area contributed by atoms with Gasteiger partial charge in [0.15, 0.2) is 0 Å². The van der Waals surface area contributed by atoms with Crippen LogP contribution in [0.2, 0.25) is 0 Å². The van der Waals surface area contributed by atoms with Crippen LogP contribution in [0, 0.1) is 5.82 Å². The van der Waals surface area contributed by atoms with E-state index in [1.165, 1.54) is 31.7 Å². The van der Waals surface area contributed by atoms with Crippen molar-refractivity contribution < 1.29 is 4.39 Å². The molecule has 1 aromatic rings. The first kappa shape index (κ1) is 13.5. The molecule has 0 saturated heterocycles. The van der Waals surface area contributed by atoms with Crippen molar-refractivity contribution >= 4 is 0 Å². The van der Waals surface area contributed by atoms with Crippen LogP contribution in [0.25, 0.3) is 0 Å². The average molecular weight is 250 g/mol. The van der Waals surface area contributed by atoms with Crippen molar-refractivity contribution in [3.8, 4) is 0 Å². The van der Waals surface area contributed by atoms with Crippen molar-refractivity contribution in [2.75, 3.05) is 6.54 Å². The largest absolute Gasteiger partial charge is 0.326 e. The third-order valence-corrected chi connectivity index (χ3v) is 3.89. The third kappa shape index (κ3) is 3.30. The molecule has 2 rings (SSSR count). The molecule has 2 N–H and O–H groups in total. The molecule has 0 unspecified atom stereocenters. The summed E-state index contributed by atoms with van der Waals surface area (Å²) in [7, 11) is 0. The Morgan fingerprint density at radius 1 is 1.22 bits per heavy atom. The molecule has 1 aromatic carbocycles. The quantitative estimate of drug-likeness (QED) is 0.870. The Morgan fingerprint density at radius 3 is 2.50 bits per heavy atom. The fraction of sp³-hybridized carbons (Fsp3) is 0.600. The molecule has 1 fully saturated rings. The van der Waals surface area contributed by atoms with Gasteiger partial charge in [0, 0.05) is 19.1 Å². The SMILES string of the molecule is CCN(Cc1cc(F)cc(CN)c1)C1CCCC1. The minimum Gasteiger partial charge on any atom is -0.326 e. The Morgan fingerprint density at radius 2 is 1.89 bits per heavy atom. The van der Waals surface area contributed by atoms with Crippen molar-refractivity contribution in [3.63, 3.8) is 0 Å². The summed E-state index contributed by atoms with van der Waals surface area (Å²) >= 11 is 0. The van der Waals surface area contributed by atoms with Gasteiger partial charge in [0.1, 0.15) is 5.82 Å². The average Bonchev–Trinajstić information content (AvgIpc) is 2.89. The fourth-order valence-electron chi connectivity index (χ4n) is 2.93. The van der Waals surface area contributed by atoms with Crippen LogP contribution in [-0.4, -0.2) is 17.5 Å². The maximum absolute atomic E-state index is 13.5. The van der Waals surface area contributed by atoms with Gasteiger partial charge >= 0.3 is 0 Å². The molecule has 0 heterocycles. The molecule has 0 aliphatic heterocycles. The lowest BCUT2D eigenvalue weighted by Crippen LogP contribution is -2.32. The number of nitrogens with two attached hydrogens (primary N) is 1. The highest BCUT2D eigenvalue weighted by atomic mass is 19.1. The molecule has 18 heavy (non-hydrogen) atoms. The van der Waals surface area contributed by atoms with Gasteiger partial charge in [-0.2, -0.15) is 0 Å². The standard InChI is InChI=1S/C15H23FN2/c1-2-18(15-5-3-4-6-15)11-13-7-12(10-17)8-14(16)9-13/h7-9,15H,2-6,10-11,17H2,1H3. The van der Waals surface area contributed by atoms with E-state index in [1.54, 1.807) is 6.07 Å². The van der Waals surface area contributed by atoms with Crippen LogP contribution in [0.15, 0.2) is 18.2 Å². The predicted octanol–water partition coefficient (Wildman–Crippen LogP) is 3.05. The number of rotatable bonds is 5. The summed E-state index contributed by atoms with van der Waals surface area (Å²) in [5.41, 5.74) is 7.52. The summed E-state index contributed by atoms with van der Waals surface area (Å²) in [5, 5.41) is 0. The summed E-state index contributed by atoms with van der Waals surface area (Å²) in [5.74, 6) is -0.171. The van der Waals surface area contributed by atoms with E-state index in [1.807, 2.05) is 6.07 Å². The number of halogens is 1. The zero-order valence-electron chi connectivity index (χ0n) is 11.2. The number of hydrogen-bond acceptors (Lipinski definition) is 2. The van der Waals surface area contributed by atoms with E-state index in [9.17, 15) is 4.39 Å². The van der Waals surface area contributed by atoms with E-state index < -0.39 is 0 Å². The smallest absolute Gasteiger partial charge is 0.123 e. The highest BCUT2D eigenvalue weighted by molar-refractivity contribution is 5.24. The summed E-state index contributed by atoms with van der Waals surface area (Å²) in [6, 6.07) is 5.87. The minimum atomic E-state index is -0.171. The van der Waals surface area contributed by atoms with Crippen LogP contribution < -0.4 is 5.73 Å². The topological polar surface area (TPSA) is 29.3 Å². The summed E-state index contributed by atoms with van der Waals surface area (Å²) in [4.78, 5) is 2.46. The Labute approximate surface area is 109 Å². The van der Waals surface area contributed by atoms with Gasteiger partial charge in [-0.25, -0.2) is 4.39 Å². The highest BCUT2D eigenvalue weighted by Crippen LogP contribution is 2.25. The first-order valence-corrected chi connectivity index (χ1v) is 6.95. The first-order chi connectivity index (χ1) is 8.72. The summed E-state index contributed by atoms with van der Waals surface area (Å²) < 4.78 is 13.5. The van der Waals surface area contributed by atoms with Gasteiger partial charge < -0.3 is 5.73 Å². The van der Waals surface area contributed by atoms with E-state index in [0.29, 0.717) is 12.6 Å². The number of hydrogen-bond donors (Lipinski definition) is 1. The van der Waals surface area contributed by atoms with Crippen LogP contribution in [0.1, 0.15) is 43.7 Å². The van der Waals surface area contributed by atoms with Gasteiger partial charge in [-0.05, 0) is 42.6 Å².